The van der Waals surface area contributed by atoms with Crippen molar-refractivity contribution in [1.82, 2.24) is 14.7 Å². The van der Waals surface area contributed by atoms with Crippen molar-refractivity contribution in [3.63, 3.8) is 0 Å². The normalized spacial score (nSPS) is 17.6. The molecule has 120 valence electrons. The van der Waals surface area contributed by atoms with Crippen molar-refractivity contribution in [3.8, 4) is 12.0 Å². The monoisotopic (exact) mass is 308 g/mol. The Labute approximate surface area is 139 Å². The molecule has 3 rings (SSSR count). The van der Waals surface area contributed by atoms with Crippen LogP contribution in [0.3, 0.4) is 0 Å². The van der Waals surface area contributed by atoms with Crippen LogP contribution in [0.25, 0.3) is 0 Å². The first kappa shape index (κ1) is 15.6. The van der Waals surface area contributed by atoms with Crippen molar-refractivity contribution in [2.75, 3.05) is 40.3 Å². The molecule has 0 radical (unpaired) electrons. The molecule has 4 nitrogen and oxygen atoms in total. The molecule has 0 saturated carbocycles. The maximum Gasteiger partial charge on any atom is 0.0914 e. The summed E-state index contributed by atoms with van der Waals surface area (Å²) >= 11 is 0. The molecular formula is C19H24N4. The number of benzene rings is 1. The van der Waals surface area contributed by atoms with Crippen LogP contribution in [-0.2, 0) is 6.54 Å². The third-order valence-electron chi connectivity index (χ3n) is 4.09. The summed E-state index contributed by atoms with van der Waals surface area (Å²) in [6.07, 6.45) is 3.04. The van der Waals surface area contributed by atoms with Crippen molar-refractivity contribution in [1.29, 1.82) is 0 Å². The van der Waals surface area contributed by atoms with E-state index in [0.717, 1.165) is 39.1 Å². The zero-order valence-corrected chi connectivity index (χ0v) is 14.0. The highest BCUT2D eigenvalue weighted by molar-refractivity contribution is 5.60. The lowest BCUT2D eigenvalue weighted by Gasteiger charge is -2.33. The Morgan fingerprint density at radius 1 is 1.17 bits per heavy atom. The predicted octanol–water partition coefficient (Wildman–Crippen LogP) is 2.01. The number of aliphatic imine (C=N–C) groups is 1. The topological polar surface area (TPSA) is 22.1 Å². The number of rotatable bonds is 3. The van der Waals surface area contributed by atoms with Gasteiger partial charge in [-0.1, -0.05) is 36.3 Å². The molecule has 0 unspecified atom stereocenters. The minimum Gasteiger partial charge on any atom is -0.354 e. The van der Waals surface area contributed by atoms with Crippen LogP contribution in [0.5, 0.6) is 0 Å². The third kappa shape index (κ3) is 4.37. The van der Waals surface area contributed by atoms with E-state index in [1.807, 2.05) is 25.3 Å². The van der Waals surface area contributed by atoms with Crippen LogP contribution in [0.15, 0.2) is 46.6 Å². The molecule has 0 aromatic heterocycles. The molecule has 0 saturated heterocycles. The SMILES string of the molecule is CN(C)C#CCN1CCC2=C(CN(Cc3ccccc3)C=N2)C1. The van der Waals surface area contributed by atoms with E-state index < -0.39 is 0 Å². The molecule has 23 heavy (non-hydrogen) atoms. The lowest BCUT2D eigenvalue weighted by atomic mass is 10.0. The molecule has 0 bridgehead atoms. The van der Waals surface area contributed by atoms with Gasteiger partial charge in [-0.2, -0.15) is 0 Å². The Morgan fingerprint density at radius 2 is 2.00 bits per heavy atom. The van der Waals surface area contributed by atoms with Gasteiger partial charge in [0.05, 0.1) is 12.9 Å². The summed E-state index contributed by atoms with van der Waals surface area (Å²) in [4.78, 5) is 11.3. The van der Waals surface area contributed by atoms with Gasteiger partial charge in [-0.05, 0) is 11.1 Å². The molecule has 0 N–H and O–H groups in total. The molecule has 0 amide bonds. The number of hydrogen-bond acceptors (Lipinski definition) is 4. The first-order valence-corrected chi connectivity index (χ1v) is 8.12. The smallest absolute Gasteiger partial charge is 0.0914 e. The highest BCUT2D eigenvalue weighted by Gasteiger charge is 2.22. The van der Waals surface area contributed by atoms with E-state index in [0.29, 0.717) is 0 Å². The van der Waals surface area contributed by atoms with Crippen LogP contribution >= 0.6 is 0 Å². The standard InChI is InChI=1S/C19H24N4/c1-21(2)10-6-11-22-12-9-19-18(14-22)15-23(16-20-19)13-17-7-4-3-5-8-17/h3-5,7-8,16H,9,11-15H2,1-2H3. The molecule has 1 aromatic carbocycles. The highest BCUT2D eigenvalue weighted by atomic mass is 15.2. The summed E-state index contributed by atoms with van der Waals surface area (Å²) in [7, 11) is 3.95. The van der Waals surface area contributed by atoms with Gasteiger partial charge in [0.1, 0.15) is 0 Å². The van der Waals surface area contributed by atoms with Gasteiger partial charge >= 0.3 is 0 Å². The maximum absolute atomic E-state index is 4.68. The third-order valence-corrected chi connectivity index (χ3v) is 4.09. The fourth-order valence-electron chi connectivity index (χ4n) is 2.97. The number of nitrogens with zero attached hydrogens (tertiary/aromatic N) is 4. The fourth-order valence-corrected chi connectivity index (χ4v) is 2.97. The molecule has 2 heterocycles. The second kappa shape index (κ2) is 7.34. The first-order chi connectivity index (χ1) is 11.2. The molecule has 0 atom stereocenters. The van der Waals surface area contributed by atoms with Gasteiger partial charge in [0.25, 0.3) is 0 Å². The first-order valence-electron chi connectivity index (χ1n) is 8.12. The van der Waals surface area contributed by atoms with Crippen LogP contribution in [-0.4, -0.2) is 61.3 Å². The Morgan fingerprint density at radius 3 is 2.78 bits per heavy atom. The minimum absolute atomic E-state index is 0.831. The Hall–Kier alpha value is -2.25. The Balaban J connectivity index is 1.58. The molecule has 0 fully saturated rings. The molecule has 2 aliphatic heterocycles. The van der Waals surface area contributed by atoms with E-state index in [1.165, 1.54) is 16.8 Å². The summed E-state index contributed by atoms with van der Waals surface area (Å²) in [6.45, 7) is 4.77. The van der Waals surface area contributed by atoms with E-state index in [2.05, 4.69) is 57.1 Å². The molecular weight excluding hydrogens is 284 g/mol. The fraction of sp³-hybridized carbons (Fsp3) is 0.421. The summed E-state index contributed by atoms with van der Waals surface area (Å²) in [5, 5.41) is 0. The van der Waals surface area contributed by atoms with Crippen molar-refractivity contribution in [3.05, 3.63) is 47.2 Å². The van der Waals surface area contributed by atoms with Crippen LogP contribution in [0, 0.1) is 12.0 Å². The zero-order chi connectivity index (χ0) is 16.1. The van der Waals surface area contributed by atoms with E-state index >= 15 is 0 Å². The zero-order valence-electron chi connectivity index (χ0n) is 14.0. The molecule has 0 spiro atoms. The van der Waals surface area contributed by atoms with E-state index in [9.17, 15) is 0 Å². The molecule has 4 heteroatoms. The second-order valence-corrected chi connectivity index (χ2v) is 6.33. The minimum atomic E-state index is 0.831. The van der Waals surface area contributed by atoms with Crippen LogP contribution in [0.1, 0.15) is 12.0 Å². The van der Waals surface area contributed by atoms with E-state index in [-0.39, 0.29) is 0 Å². The summed E-state index contributed by atoms with van der Waals surface area (Å²) in [5.74, 6) is 3.23. The Bertz CT molecular complexity index is 649. The van der Waals surface area contributed by atoms with Crippen LogP contribution in [0.2, 0.25) is 0 Å². The summed E-state index contributed by atoms with van der Waals surface area (Å²) in [5.41, 5.74) is 4.06. The van der Waals surface area contributed by atoms with Crippen molar-refractivity contribution >= 4 is 6.34 Å². The average molecular weight is 308 g/mol. The van der Waals surface area contributed by atoms with Gasteiger partial charge in [-0.25, -0.2) is 4.99 Å². The maximum atomic E-state index is 4.68. The predicted molar refractivity (Wildman–Crippen MR) is 94.9 cm³/mol. The van der Waals surface area contributed by atoms with Gasteiger partial charge in [0.2, 0.25) is 0 Å². The van der Waals surface area contributed by atoms with Crippen molar-refractivity contribution in [2.24, 2.45) is 4.99 Å². The Kier molecular flexibility index (Phi) is 4.99. The van der Waals surface area contributed by atoms with Crippen molar-refractivity contribution < 1.29 is 0 Å². The van der Waals surface area contributed by atoms with E-state index in [1.54, 1.807) is 0 Å². The lowest BCUT2D eigenvalue weighted by Crippen LogP contribution is -2.38. The quantitative estimate of drug-likeness (QED) is 0.630. The van der Waals surface area contributed by atoms with Gasteiger partial charge in [-0.15, -0.1) is 0 Å². The van der Waals surface area contributed by atoms with Crippen LogP contribution in [0.4, 0.5) is 0 Å². The summed E-state index contributed by atoms with van der Waals surface area (Å²) in [6, 6.07) is 13.7. The van der Waals surface area contributed by atoms with Gasteiger partial charge in [0, 0.05) is 58.4 Å². The largest absolute Gasteiger partial charge is 0.354 e. The molecule has 2 aliphatic rings. The number of hydrogen-bond donors (Lipinski definition) is 0. The van der Waals surface area contributed by atoms with Gasteiger partial charge in [-0.3, -0.25) is 4.90 Å². The lowest BCUT2D eigenvalue weighted by molar-refractivity contribution is 0.300. The van der Waals surface area contributed by atoms with Gasteiger partial charge < -0.3 is 9.80 Å². The molecule has 1 aromatic rings. The van der Waals surface area contributed by atoms with Gasteiger partial charge in [0.15, 0.2) is 0 Å². The van der Waals surface area contributed by atoms with E-state index in [4.69, 9.17) is 0 Å². The highest BCUT2D eigenvalue weighted by Crippen LogP contribution is 2.23. The average Bonchev–Trinajstić information content (AvgIpc) is 2.55. The van der Waals surface area contributed by atoms with Crippen LogP contribution < -0.4 is 0 Å². The summed E-state index contributed by atoms with van der Waals surface area (Å²) < 4.78 is 0. The van der Waals surface area contributed by atoms with Crippen molar-refractivity contribution in [2.45, 2.75) is 13.0 Å². The second-order valence-electron chi connectivity index (χ2n) is 6.33. The molecule has 0 aliphatic carbocycles.